The Hall–Kier alpha value is -1.23. The second-order valence-electron chi connectivity index (χ2n) is 3.74. The van der Waals surface area contributed by atoms with E-state index in [2.05, 4.69) is 10.3 Å². The number of hydrogen-bond donors (Lipinski definition) is 1. The molecule has 1 aromatic heterocycles. The van der Waals surface area contributed by atoms with E-state index in [-0.39, 0.29) is 17.6 Å². The van der Waals surface area contributed by atoms with Gasteiger partial charge in [-0.1, -0.05) is 0 Å². The molecule has 80 valence electrons. The van der Waals surface area contributed by atoms with Crippen molar-refractivity contribution < 1.29 is 9.59 Å². The third-order valence-electron chi connectivity index (χ3n) is 2.31. The molecule has 0 aliphatic heterocycles. The Morgan fingerprint density at radius 3 is 2.60 bits per heavy atom. The van der Waals surface area contributed by atoms with Gasteiger partial charge in [-0.2, -0.15) is 0 Å². The van der Waals surface area contributed by atoms with Gasteiger partial charge in [0.1, 0.15) is 5.69 Å². The zero-order valence-corrected chi connectivity index (χ0v) is 9.48. The number of rotatable bonds is 3. The van der Waals surface area contributed by atoms with Gasteiger partial charge in [-0.15, -0.1) is 11.3 Å². The molecule has 5 heteroatoms. The van der Waals surface area contributed by atoms with Crippen molar-refractivity contribution in [3.05, 3.63) is 10.6 Å². The molecule has 1 aromatic rings. The number of anilines is 1. The van der Waals surface area contributed by atoms with Crippen molar-refractivity contribution in [2.75, 3.05) is 5.32 Å². The molecule has 0 atom stereocenters. The Labute approximate surface area is 91.7 Å². The minimum Gasteiger partial charge on any atom is -0.302 e. The Morgan fingerprint density at radius 1 is 1.47 bits per heavy atom. The first-order valence-electron chi connectivity index (χ1n) is 4.87. The van der Waals surface area contributed by atoms with Crippen LogP contribution in [-0.4, -0.2) is 16.7 Å². The summed E-state index contributed by atoms with van der Waals surface area (Å²) < 4.78 is 0. The number of ketones is 1. The van der Waals surface area contributed by atoms with E-state index in [1.807, 2.05) is 6.92 Å². The molecule has 2 rings (SSSR count). The highest BCUT2D eigenvalue weighted by molar-refractivity contribution is 7.16. The fourth-order valence-electron chi connectivity index (χ4n) is 1.33. The highest BCUT2D eigenvalue weighted by Gasteiger charge is 2.30. The third kappa shape index (κ3) is 2.23. The SMILES string of the molecule is CC(=O)c1nc(NC(=O)C2CC2)sc1C. The summed E-state index contributed by atoms with van der Waals surface area (Å²) in [5.74, 6) is 0.129. The van der Waals surface area contributed by atoms with Crippen molar-refractivity contribution in [2.45, 2.75) is 26.7 Å². The summed E-state index contributed by atoms with van der Waals surface area (Å²) in [6, 6.07) is 0. The Bertz CT molecular complexity index is 421. The van der Waals surface area contributed by atoms with Crippen LogP contribution < -0.4 is 5.32 Å². The Morgan fingerprint density at radius 2 is 2.13 bits per heavy atom. The van der Waals surface area contributed by atoms with Gasteiger partial charge < -0.3 is 5.32 Å². The fraction of sp³-hybridized carbons (Fsp3) is 0.500. The molecule has 1 heterocycles. The van der Waals surface area contributed by atoms with Gasteiger partial charge in [-0.3, -0.25) is 9.59 Å². The standard InChI is InChI=1S/C10H12N2O2S/c1-5(13)8-6(2)15-10(11-8)12-9(14)7-3-4-7/h7H,3-4H2,1-2H3,(H,11,12,14). The van der Waals surface area contributed by atoms with Crippen LogP contribution in [0.15, 0.2) is 0 Å². The van der Waals surface area contributed by atoms with Crippen LogP contribution in [0.1, 0.15) is 35.1 Å². The lowest BCUT2D eigenvalue weighted by atomic mass is 10.3. The maximum atomic E-state index is 11.4. The molecular formula is C10H12N2O2S. The summed E-state index contributed by atoms with van der Waals surface area (Å²) in [6.45, 7) is 3.32. The van der Waals surface area contributed by atoms with Crippen molar-refractivity contribution in [1.82, 2.24) is 4.98 Å². The van der Waals surface area contributed by atoms with Gasteiger partial charge in [-0.25, -0.2) is 4.98 Å². The second-order valence-corrected chi connectivity index (χ2v) is 4.95. The molecular weight excluding hydrogens is 212 g/mol. The normalized spacial score (nSPS) is 15.1. The molecule has 1 fully saturated rings. The number of Topliss-reactive ketones (excluding diaryl/α,β-unsaturated/α-hetero) is 1. The lowest BCUT2D eigenvalue weighted by Crippen LogP contribution is -2.13. The fourth-order valence-corrected chi connectivity index (χ4v) is 2.19. The molecule has 0 spiro atoms. The number of amides is 1. The molecule has 0 unspecified atom stereocenters. The van der Waals surface area contributed by atoms with E-state index in [0.29, 0.717) is 10.8 Å². The maximum Gasteiger partial charge on any atom is 0.229 e. The summed E-state index contributed by atoms with van der Waals surface area (Å²) in [7, 11) is 0. The van der Waals surface area contributed by atoms with Crippen LogP contribution in [0.2, 0.25) is 0 Å². The monoisotopic (exact) mass is 224 g/mol. The van der Waals surface area contributed by atoms with Gasteiger partial charge in [0.25, 0.3) is 0 Å². The van der Waals surface area contributed by atoms with Crippen LogP contribution in [0.5, 0.6) is 0 Å². The molecule has 0 saturated heterocycles. The molecule has 0 aromatic carbocycles. The number of aryl methyl sites for hydroxylation is 1. The molecule has 1 aliphatic rings. The molecule has 15 heavy (non-hydrogen) atoms. The van der Waals surface area contributed by atoms with Gasteiger partial charge >= 0.3 is 0 Å². The number of aromatic nitrogens is 1. The minimum atomic E-state index is -0.0596. The number of nitrogens with zero attached hydrogens (tertiary/aromatic N) is 1. The van der Waals surface area contributed by atoms with Gasteiger partial charge in [0.2, 0.25) is 5.91 Å². The topological polar surface area (TPSA) is 59.1 Å². The van der Waals surface area contributed by atoms with E-state index in [1.54, 1.807) is 0 Å². The smallest absolute Gasteiger partial charge is 0.229 e. The molecule has 1 aliphatic carbocycles. The zero-order chi connectivity index (χ0) is 11.0. The zero-order valence-electron chi connectivity index (χ0n) is 8.66. The van der Waals surface area contributed by atoms with Crippen LogP contribution >= 0.6 is 11.3 Å². The van der Waals surface area contributed by atoms with E-state index in [1.165, 1.54) is 18.3 Å². The van der Waals surface area contributed by atoms with Crippen LogP contribution in [0.25, 0.3) is 0 Å². The number of thiazole rings is 1. The van der Waals surface area contributed by atoms with Crippen molar-refractivity contribution >= 4 is 28.2 Å². The first-order valence-corrected chi connectivity index (χ1v) is 5.69. The number of hydrogen-bond acceptors (Lipinski definition) is 4. The molecule has 1 saturated carbocycles. The third-order valence-corrected chi connectivity index (χ3v) is 3.19. The number of carbonyl (C=O) groups excluding carboxylic acids is 2. The lowest BCUT2D eigenvalue weighted by Gasteiger charge is -1.97. The van der Waals surface area contributed by atoms with Crippen molar-refractivity contribution in [3.63, 3.8) is 0 Å². The van der Waals surface area contributed by atoms with Gasteiger partial charge in [0, 0.05) is 17.7 Å². The second kappa shape index (κ2) is 3.73. The van der Waals surface area contributed by atoms with Gasteiger partial charge in [0.05, 0.1) is 0 Å². The van der Waals surface area contributed by atoms with Crippen LogP contribution in [-0.2, 0) is 4.79 Å². The average molecular weight is 224 g/mol. The summed E-state index contributed by atoms with van der Waals surface area (Å²) in [4.78, 5) is 27.5. The predicted molar refractivity (Wildman–Crippen MR) is 58.2 cm³/mol. The predicted octanol–water partition coefficient (Wildman–Crippen LogP) is 2.00. The molecule has 0 radical (unpaired) electrons. The van der Waals surface area contributed by atoms with Crippen LogP contribution in [0.3, 0.4) is 0 Å². The number of nitrogens with one attached hydrogen (secondary N) is 1. The molecule has 0 bridgehead atoms. The van der Waals surface area contributed by atoms with Crippen LogP contribution in [0.4, 0.5) is 5.13 Å². The van der Waals surface area contributed by atoms with Crippen molar-refractivity contribution in [1.29, 1.82) is 0 Å². The van der Waals surface area contributed by atoms with Crippen molar-refractivity contribution in [3.8, 4) is 0 Å². The molecule has 4 nitrogen and oxygen atoms in total. The van der Waals surface area contributed by atoms with Crippen molar-refractivity contribution in [2.24, 2.45) is 5.92 Å². The van der Waals surface area contributed by atoms with Crippen LogP contribution in [0, 0.1) is 12.8 Å². The summed E-state index contributed by atoms with van der Waals surface area (Å²) in [5.41, 5.74) is 0.464. The van der Waals surface area contributed by atoms with E-state index in [9.17, 15) is 9.59 Å². The summed E-state index contributed by atoms with van der Waals surface area (Å²) >= 11 is 1.35. The maximum absolute atomic E-state index is 11.4. The first-order chi connectivity index (χ1) is 7.08. The minimum absolute atomic E-state index is 0.0267. The largest absolute Gasteiger partial charge is 0.302 e. The average Bonchev–Trinajstić information content (AvgIpc) is 2.91. The quantitative estimate of drug-likeness (QED) is 0.799. The van der Waals surface area contributed by atoms with E-state index in [4.69, 9.17) is 0 Å². The van der Waals surface area contributed by atoms with E-state index in [0.717, 1.165) is 17.7 Å². The van der Waals surface area contributed by atoms with Gasteiger partial charge in [0.15, 0.2) is 10.9 Å². The Kier molecular flexibility index (Phi) is 2.56. The van der Waals surface area contributed by atoms with Gasteiger partial charge in [-0.05, 0) is 19.8 Å². The molecule has 1 amide bonds. The molecule has 1 N–H and O–H groups in total. The highest BCUT2D eigenvalue weighted by Crippen LogP contribution is 2.31. The van der Waals surface area contributed by atoms with E-state index >= 15 is 0 Å². The lowest BCUT2D eigenvalue weighted by molar-refractivity contribution is -0.117. The highest BCUT2D eigenvalue weighted by atomic mass is 32.1. The van der Waals surface area contributed by atoms with E-state index < -0.39 is 0 Å². The Balaban J connectivity index is 2.11. The first kappa shape index (κ1) is 10.3. The number of carbonyl (C=O) groups is 2. The summed E-state index contributed by atoms with van der Waals surface area (Å²) in [5, 5.41) is 3.27. The summed E-state index contributed by atoms with van der Waals surface area (Å²) in [6.07, 6.45) is 1.94.